The molecule has 0 radical (unpaired) electrons. The minimum atomic E-state index is 0.235. The van der Waals surface area contributed by atoms with Gasteiger partial charge in [-0.15, -0.1) is 11.3 Å². The van der Waals surface area contributed by atoms with E-state index in [-0.39, 0.29) is 5.28 Å². The van der Waals surface area contributed by atoms with Crippen molar-refractivity contribution in [3.05, 3.63) is 16.2 Å². The molecule has 2 heterocycles. The Kier molecular flexibility index (Phi) is 3.81. The summed E-state index contributed by atoms with van der Waals surface area (Å²) >= 11 is 7.46. The molecule has 0 amide bonds. The zero-order valence-corrected chi connectivity index (χ0v) is 11.6. The molecule has 2 aromatic heterocycles. The minimum Gasteiger partial charge on any atom is -0.476 e. The Morgan fingerprint density at radius 3 is 2.88 bits per heavy atom. The Labute approximate surface area is 109 Å². The van der Waals surface area contributed by atoms with E-state index in [0.29, 0.717) is 12.5 Å². The predicted octanol–water partition coefficient (Wildman–Crippen LogP) is 2.59. The first-order chi connectivity index (χ1) is 8.06. The summed E-state index contributed by atoms with van der Waals surface area (Å²) in [5.74, 6) is 0.575. The first-order valence-electron chi connectivity index (χ1n) is 5.27. The van der Waals surface area contributed by atoms with Gasteiger partial charge in [0.15, 0.2) is 0 Å². The van der Waals surface area contributed by atoms with Gasteiger partial charge in [0.2, 0.25) is 11.2 Å². The number of aryl methyl sites for hydroxylation is 1. The number of aromatic nitrogens is 2. The topological polar surface area (TPSA) is 38.2 Å². The summed E-state index contributed by atoms with van der Waals surface area (Å²) in [4.78, 5) is 12.4. The Morgan fingerprint density at radius 2 is 2.18 bits per heavy atom. The van der Waals surface area contributed by atoms with E-state index < -0.39 is 0 Å². The van der Waals surface area contributed by atoms with Crippen LogP contribution in [0.15, 0.2) is 6.07 Å². The van der Waals surface area contributed by atoms with E-state index in [1.165, 1.54) is 4.88 Å². The van der Waals surface area contributed by atoms with Crippen molar-refractivity contribution in [2.45, 2.75) is 6.92 Å². The molecule has 0 aliphatic rings. The van der Waals surface area contributed by atoms with Crippen LogP contribution in [0.4, 0.5) is 0 Å². The van der Waals surface area contributed by atoms with E-state index in [2.05, 4.69) is 14.9 Å². The first-order valence-corrected chi connectivity index (χ1v) is 6.47. The lowest BCUT2D eigenvalue weighted by atomic mass is 10.3. The fourth-order valence-corrected chi connectivity index (χ4v) is 2.51. The molecule has 0 N–H and O–H groups in total. The number of thiophene rings is 1. The third kappa shape index (κ3) is 3.06. The van der Waals surface area contributed by atoms with E-state index >= 15 is 0 Å². The molecule has 92 valence electrons. The molecule has 0 atom stereocenters. The summed E-state index contributed by atoms with van der Waals surface area (Å²) in [6.07, 6.45) is 0. The predicted molar refractivity (Wildman–Crippen MR) is 71.2 cm³/mol. The molecule has 0 fully saturated rings. The molecule has 0 saturated heterocycles. The van der Waals surface area contributed by atoms with Crippen molar-refractivity contribution in [3.63, 3.8) is 0 Å². The molecule has 6 heteroatoms. The molecule has 0 spiro atoms. The standard InChI is InChI=1S/C11H14ClN3OS/c1-7-6-8-9(16-5-4-15(2)3)13-11(12)14-10(8)17-7/h6H,4-5H2,1-3H3. The van der Waals surface area contributed by atoms with Crippen LogP contribution in [0.2, 0.25) is 5.28 Å². The van der Waals surface area contributed by atoms with Crippen molar-refractivity contribution in [3.8, 4) is 5.88 Å². The number of halogens is 1. The van der Waals surface area contributed by atoms with Gasteiger partial charge in [0.25, 0.3) is 0 Å². The van der Waals surface area contributed by atoms with E-state index in [0.717, 1.165) is 16.8 Å². The molecule has 0 saturated carbocycles. The first kappa shape index (κ1) is 12.5. The van der Waals surface area contributed by atoms with E-state index in [1.807, 2.05) is 27.1 Å². The molecule has 0 aliphatic heterocycles. The number of hydrogen-bond donors (Lipinski definition) is 0. The number of likely N-dealkylation sites (N-methyl/N-ethyl adjacent to an activating group) is 1. The largest absolute Gasteiger partial charge is 0.476 e. The molecule has 2 rings (SSSR count). The van der Waals surface area contributed by atoms with Gasteiger partial charge in [-0.05, 0) is 38.7 Å². The lowest BCUT2D eigenvalue weighted by molar-refractivity contribution is 0.256. The van der Waals surface area contributed by atoms with Crippen molar-refractivity contribution in [2.75, 3.05) is 27.2 Å². The Bertz CT molecular complexity index is 527. The van der Waals surface area contributed by atoms with Crippen LogP contribution in [0.25, 0.3) is 10.2 Å². The van der Waals surface area contributed by atoms with Gasteiger partial charge in [-0.1, -0.05) is 0 Å². The second kappa shape index (κ2) is 5.16. The van der Waals surface area contributed by atoms with Crippen molar-refractivity contribution in [1.82, 2.24) is 14.9 Å². The van der Waals surface area contributed by atoms with Crippen LogP contribution in [0, 0.1) is 6.92 Å². The summed E-state index contributed by atoms with van der Waals surface area (Å²) in [6, 6.07) is 2.03. The fraction of sp³-hybridized carbons (Fsp3) is 0.455. The highest BCUT2D eigenvalue weighted by Gasteiger charge is 2.10. The second-order valence-electron chi connectivity index (χ2n) is 4.03. The van der Waals surface area contributed by atoms with Gasteiger partial charge in [-0.2, -0.15) is 4.98 Å². The maximum Gasteiger partial charge on any atom is 0.227 e. The molecule has 2 aromatic rings. The lowest BCUT2D eigenvalue weighted by Gasteiger charge is -2.10. The van der Waals surface area contributed by atoms with Gasteiger partial charge < -0.3 is 9.64 Å². The minimum absolute atomic E-state index is 0.235. The highest BCUT2D eigenvalue weighted by Crippen LogP contribution is 2.30. The summed E-state index contributed by atoms with van der Waals surface area (Å²) in [7, 11) is 4.00. The number of rotatable bonds is 4. The molecular weight excluding hydrogens is 258 g/mol. The van der Waals surface area contributed by atoms with Crippen molar-refractivity contribution >= 4 is 33.2 Å². The van der Waals surface area contributed by atoms with Crippen molar-refractivity contribution < 1.29 is 4.74 Å². The van der Waals surface area contributed by atoms with Crippen LogP contribution in [0.3, 0.4) is 0 Å². The molecule has 0 aromatic carbocycles. The number of fused-ring (bicyclic) bond motifs is 1. The van der Waals surface area contributed by atoms with Crippen LogP contribution >= 0.6 is 22.9 Å². The van der Waals surface area contributed by atoms with Crippen molar-refractivity contribution in [1.29, 1.82) is 0 Å². The van der Waals surface area contributed by atoms with Crippen LogP contribution in [0.1, 0.15) is 4.88 Å². The highest BCUT2D eigenvalue weighted by molar-refractivity contribution is 7.18. The fourth-order valence-electron chi connectivity index (χ4n) is 1.43. The summed E-state index contributed by atoms with van der Waals surface area (Å²) < 4.78 is 5.65. The molecular formula is C11H14ClN3OS. The maximum atomic E-state index is 5.87. The number of nitrogens with zero attached hydrogens (tertiary/aromatic N) is 3. The van der Waals surface area contributed by atoms with Gasteiger partial charge in [-0.3, -0.25) is 0 Å². The van der Waals surface area contributed by atoms with Crippen molar-refractivity contribution in [2.24, 2.45) is 0 Å². The highest BCUT2D eigenvalue weighted by atomic mass is 35.5. The molecule has 0 bridgehead atoms. The number of hydrogen-bond acceptors (Lipinski definition) is 5. The van der Waals surface area contributed by atoms with E-state index in [4.69, 9.17) is 16.3 Å². The van der Waals surface area contributed by atoms with E-state index in [1.54, 1.807) is 11.3 Å². The molecule has 0 unspecified atom stereocenters. The van der Waals surface area contributed by atoms with Crippen LogP contribution < -0.4 is 4.74 Å². The smallest absolute Gasteiger partial charge is 0.227 e. The zero-order valence-electron chi connectivity index (χ0n) is 10.0. The molecule has 0 aliphatic carbocycles. The van der Waals surface area contributed by atoms with Gasteiger partial charge in [0.1, 0.15) is 11.4 Å². The monoisotopic (exact) mass is 271 g/mol. The Balaban J connectivity index is 2.25. The van der Waals surface area contributed by atoms with Crippen LogP contribution in [0.5, 0.6) is 5.88 Å². The van der Waals surface area contributed by atoms with Gasteiger partial charge in [0.05, 0.1) is 5.39 Å². The van der Waals surface area contributed by atoms with E-state index in [9.17, 15) is 0 Å². The van der Waals surface area contributed by atoms with Gasteiger partial charge in [-0.25, -0.2) is 4.98 Å². The maximum absolute atomic E-state index is 5.87. The van der Waals surface area contributed by atoms with Crippen LogP contribution in [-0.2, 0) is 0 Å². The third-order valence-corrected chi connectivity index (χ3v) is 3.34. The SMILES string of the molecule is Cc1cc2c(OCCN(C)C)nc(Cl)nc2s1. The number of ether oxygens (including phenoxy) is 1. The average Bonchev–Trinajstić information content (AvgIpc) is 2.57. The zero-order chi connectivity index (χ0) is 12.4. The van der Waals surface area contributed by atoms with Gasteiger partial charge >= 0.3 is 0 Å². The summed E-state index contributed by atoms with van der Waals surface area (Å²) in [5, 5.41) is 1.18. The molecule has 17 heavy (non-hydrogen) atoms. The normalized spacial score (nSPS) is 11.4. The molecule has 4 nitrogen and oxygen atoms in total. The average molecular weight is 272 g/mol. The van der Waals surface area contributed by atoms with Gasteiger partial charge in [0, 0.05) is 11.4 Å². The Morgan fingerprint density at radius 1 is 1.41 bits per heavy atom. The Hall–Kier alpha value is -0.910. The third-order valence-electron chi connectivity index (χ3n) is 2.23. The quantitative estimate of drug-likeness (QED) is 0.801. The summed E-state index contributed by atoms with van der Waals surface area (Å²) in [5.41, 5.74) is 0. The summed E-state index contributed by atoms with van der Waals surface area (Å²) in [6.45, 7) is 3.46. The lowest BCUT2D eigenvalue weighted by Crippen LogP contribution is -2.19. The van der Waals surface area contributed by atoms with Crippen LogP contribution in [-0.4, -0.2) is 42.1 Å². The second-order valence-corrected chi connectivity index (χ2v) is 5.60.